The van der Waals surface area contributed by atoms with Gasteiger partial charge in [0.1, 0.15) is 0 Å². The quantitative estimate of drug-likeness (QED) is 0.140. The first-order chi connectivity index (χ1) is 53.7. The number of fused-ring (bicyclic) bond motifs is 14. The molecule has 0 saturated heterocycles. The Hall–Kier alpha value is -11.1. The average Bonchev–Trinajstić information content (AvgIpc) is 0.655. The number of rotatable bonds is 8. The van der Waals surface area contributed by atoms with E-state index in [1.54, 1.807) is 0 Å². The maximum absolute atomic E-state index is 2.83. The molecule has 0 bridgehead atoms. The van der Waals surface area contributed by atoms with Crippen molar-refractivity contribution < 1.29 is 0 Å². The fourth-order valence-corrected chi connectivity index (χ4v) is 20.5. The summed E-state index contributed by atoms with van der Waals surface area (Å²) in [6.07, 6.45) is 0. The Balaban J connectivity index is 1.01. The molecule has 0 saturated carbocycles. The van der Waals surface area contributed by atoms with E-state index in [-0.39, 0.29) is 31.0 Å². The predicted octanol–water partition coefficient (Wildman–Crippen LogP) is 22.1. The Bertz CT molecular complexity index is 5860. The third-order valence-electron chi connectivity index (χ3n) is 26.5. The highest BCUT2D eigenvalue weighted by Crippen LogP contribution is 2.56. The molecule has 558 valence electrons. The standard InChI is InChI=1S/C104H103B3N6/c1-56-25-29-80-90(39-56)110(76-35-58(3)33-59(4)36-76)94-51-78(108(86-45-66(11)62(7)41-70(86)15)87-46-67(12)63(8)42-71(87)16)53-96-98(94)106(80)84-55-85-102-100-101(84)112(96)92-49-74(103(19,20)21)27-31-82(92)105(100)83-32-28-75(104(22,23)24)50-93(83)113(102)97-54-79(109(88-47-68(13)64(9)43-72(88)17)89-48-69(14)65(10)44-73(89)18)52-95-99(97)107(85)81-30-26-57(2)40-91(81)111(95)77-37-60(5)34-61(6)38-77/h25-55H,1-24H3. The number of anilines is 18. The van der Waals surface area contributed by atoms with Crippen LogP contribution < -0.4 is 78.6 Å². The number of benzene rings is 13. The van der Waals surface area contributed by atoms with Crippen LogP contribution in [-0.4, -0.2) is 20.1 Å². The zero-order chi connectivity index (χ0) is 79.3. The second kappa shape index (κ2) is 25.2. The Morgan fingerprint density at radius 2 is 0.496 bits per heavy atom. The van der Waals surface area contributed by atoms with E-state index in [2.05, 4.69) is 384 Å². The minimum absolute atomic E-state index is 0.158. The normalized spacial score (nSPS) is 13.7. The molecule has 0 spiro atoms. The van der Waals surface area contributed by atoms with Gasteiger partial charge in [-0.15, -0.1) is 0 Å². The summed E-state index contributed by atoms with van der Waals surface area (Å²) < 4.78 is 0. The van der Waals surface area contributed by atoms with Crippen molar-refractivity contribution in [3.05, 3.63) is 299 Å². The van der Waals surface area contributed by atoms with Crippen molar-refractivity contribution in [1.82, 2.24) is 0 Å². The Labute approximate surface area is 673 Å². The summed E-state index contributed by atoms with van der Waals surface area (Å²) in [5, 5.41) is 0. The largest absolute Gasteiger partial charge is 0.312 e. The van der Waals surface area contributed by atoms with Crippen LogP contribution in [0.5, 0.6) is 0 Å². The lowest BCUT2D eigenvalue weighted by molar-refractivity contribution is 0.590. The molecule has 0 aromatic heterocycles. The Morgan fingerprint density at radius 3 is 0.805 bits per heavy atom. The molecule has 0 amide bonds. The highest BCUT2D eigenvalue weighted by Gasteiger charge is 2.56. The minimum Gasteiger partial charge on any atom is -0.312 e. The van der Waals surface area contributed by atoms with E-state index in [4.69, 9.17) is 0 Å². The van der Waals surface area contributed by atoms with Crippen molar-refractivity contribution >= 4 is 172 Å². The third kappa shape index (κ3) is 10.9. The van der Waals surface area contributed by atoms with E-state index in [1.165, 1.54) is 240 Å². The molecule has 13 aromatic rings. The van der Waals surface area contributed by atoms with Crippen LogP contribution in [0.2, 0.25) is 0 Å². The molecule has 113 heavy (non-hydrogen) atoms. The molecule has 6 heterocycles. The highest BCUT2D eigenvalue weighted by atomic mass is 15.2. The molecule has 0 aliphatic carbocycles. The van der Waals surface area contributed by atoms with Crippen molar-refractivity contribution in [3.63, 3.8) is 0 Å². The smallest absolute Gasteiger partial charge is 0.252 e. The van der Waals surface area contributed by atoms with Crippen molar-refractivity contribution in [2.24, 2.45) is 0 Å². The fourth-order valence-electron chi connectivity index (χ4n) is 20.5. The van der Waals surface area contributed by atoms with Gasteiger partial charge in [0.05, 0.1) is 11.4 Å². The lowest BCUT2D eigenvalue weighted by Gasteiger charge is -2.53. The van der Waals surface area contributed by atoms with E-state index in [1.807, 2.05) is 0 Å². The average molecular weight is 1470 g/mol. The Morgan fingerprint density at radius 1 is 0.221 bits per heavy atom. The van der Waals surface area contributed by atoms with Crippen molar-refractivity contribution in [3.8, 4) is 0 Å². The molecule has 9 heteroatoms. The van der Waals surface area contributed by atoms with Gasteiger partial charge in [-0.05, 0) is 393 Å². The summed E-state index contributed by atoms with van der Waals surface area (Å²) in [5.74, 6) is 0. The van der Waals surface area contributed by atoms with Gasteiger partial charge in [0.15, 0.2) is 0 Å². The molecule has 0 unspecified atom stereocenters. The number of aryl methyl sites for hydroxylation is 18. The first kappa shape index (κ1) is 72.1. The number of nitrogens with zero attached hydrogens (tertiary/aromatic N) is 6. The van der Waals surface area contributed by atoms with Crippen molar-refractivity contribution in [2.75, 3.05) is 29.4 Å². The molecular weight excluding hydrogens is 1370 g/mol. The molecule has 6 aliphatic heterocycles. The van der Waals surface area contributed by atoms with Crippen LogP contribution in [0.15, 0.2) is 188 Å². The molecule has 13 aromatic carbocycles. The topological polar surface area (TPSA) is 19.4 Å². The summed E-state index contributed by atoms with van der Waals surface area (Å²) in [7, 11) is 0. The van der Waals surface area contributed by atoms with Crippen LogP contribution in [0.1, 0.15) is 153 Å². The van der Waals surface area contributed by atoms with E-state index >= 15 is 0 Å². The van der Waals surface area contributed by atoms with Gasteiger partial charge in [-0.3, -0.25) is 0 Å². The maximum Gasteiger partial charge on any atom is 0.252 e. The molecule has 6 nitrogen and oxygen atoms in total. The van der Waals surface area contributed by atoms with Crippen LogP contribution in [0.4, 0.5) is 102 Å². The van der Waals surface area contributed by atoms with Gasteiger partial charge in [0, 0.05) is 91.0 Å². The zero-order valence-corrected chi connectivity index (χ0v) is 70.8. The SMILES string of the molecule is Cc1cc(C)cc(N2c3cc(C)ccc3B3c4cc5c6c7c4N(c4cc(C(C)(C)C)ccc4B7c4ccc(C(C)(C)C)cc4N6c4cc(N(c6cc(C)c(C)cc6C)c6cc(C)c(C)cc6C)cc6c4B5c4ccc(C)cc4N6c4cc(C)cc(C)c4)c4cc(N(c5cc(C)c(C)cc5C)c5cc(C)c(C)cc5C)cc2c43)c1. The van der Waals surface area contributed by atoms with Crippen LogP contribution in [0, 0.1) is 125 Å². The summed E-state index contributed by atoms with van der Waals surface area (Å²) in [4.78, 5) is 16.3. The van der Waals surface area contributed by atoms with Crippen LogP contribution in [0.25, 0.3) is 0 Å². The second-order valence-electron chi connectivity index (χ2n) is 37.0. The first-order valence-electron chi connectivity index (χ1n) is 41.0. The molecule has 0 fully saturated rings. The molecule has 19 rings (SSSR count). The third-order valence-corrected chi connectivity index (χ3v) is 26.5. The van der Waals surface area contributed by atoms with Gasteiger partial charge >= 0.3 is 0 Å². The zero-order valence-electron chi connectivity index (χ0n) is 70.8. The van der Waals surface area contributed by atoms with Gasteiger partial charge in [0.25, 0.3) is 20.1 Å². The second-order valence-corrected chi connectivity index (χ2v) is 37.0. The van der Waals surface area contributed by atoms with Crippen molar-refractivity contribution in [2.45, 2.75) is 177 Å². The van der Waals surface area contributed by atoms with Crippen LogP contribution in [-0.2, 0) is 10.8 Å². The molecule has 0 radical (unpaired) electrons. The van der Waals surface area contributed by atoms with E-state index in [9.17, 15) is 0 Å². The number of hydrogen-bond donors (Lipinski definition) is 0. The molecule has 0 atom stereocenters. The first-order valence-corrected chi connectivity index (χ1v) is 41.0. The van der Waals surface area contributed by atoms with Gasteiger partial charge in [-0.2, -0.15) is 0 Å². The van der Waals surface area contributed by atoms with Gasteiger partial charge < -0.3 is 29.4 Å². The molecule has 0 N–H and O–H groups in total. The van der Waals surface area contributed by atoms with Gasteiger partial charge in [-0.1, -0.05) is 133 Å². The summed E-state index contributed by atoms with van der Waals surface area (Å²) in [6.45, 7) is 55.0. The maximum atomic E-state index is 2.83. The number of hydrogen-bond acceptors (Lipinski definition) is 6. The van der Waals surface area contributed by atoms with Gasteiger partial charge in [-0.25, -0.2) is 0 Å². The van der Waals surface area contributed by atoms with E-state index in [0.29, 0.717) is 0 Å². The van der Waals surface area contributed by atoms with E-state index in [0.717, 1.165) is 22.7 Å². The lowest BCUT2D eigenvalue weighted by Crippen LogP contribution is -2.72. The Kier molecular flexibility index (Phi) is 16.1. The summed E-state index contributed by atoms with van der Waals surface area (Å²) >= 11 is 0. The fraction of sp³-hybridized carbons (Fsp3) is 0.250. The monoisotopic (exact) mass is 1470 g/mol. The summed E-state index contributed by atoms with van der Waals surface area (Å²) in [5.41, 5.74) is 58.3. The van der Waals surface area contributed by atoms with Crippen molar-refractivity contribution in [1.29, 1.82) is 0 Å². The van der Waals surface area contributed by atoms with Crippen LogP contribution in [0.3, 0.4) is 0 Å². The van der Waals surface area contributed by atoms with E-state index < -0.39 is 0 Å². The van der Waals surface area contributed by atoms with Gasteiger partial charge in [0.2, 0.25) is 0 Å². The lowest BCUT2D eigenvalue weighted by atomic mass is 9.25. The molecular formula is C104H103B3N6. The summed E-state index contributed by atoms with van der Waals surface area (Å²) in [6, 6.07) is 77.2. The molecule has 6 aliphatic rings. The van der Waals surface area contributed by atoms with Crippen LogP contribution >= 0.6 is 0 Å². The highest BCUT2D eigenvalue weighted by molar-refractivity contribution is 7.07. The minimum atomic E-state index is -0.196. The predicted molar refractivity (Wildman–Crippen MR) is 491 cm³/mol.